The van der Waals surface area contributed by atoms with Crippen molar-refractivity contribution < 1.29 is 0 Å². The van der Waals surface area contributed by atoms with Crippen LogP contribution in [0.1, 0.15) is 30.5 Å². The third-order valence-electron chi connectivity index (χ3n) is 9.76. The zero-order valence-electron chi connectivity index (χ0n) is 26.4. The highest BCUT2D eigenvalue weighted by atomic mass is 32.2. The molecule has 226 valence electrons. The molecule has 0 fully saturated rings. The lowest BCUT2D eigenvalue weighted by Gasteiger charge is -2.42. The van der Waals surface area contributed by atoms with Crippen molar-refractivity contribution in [1.29, 1.82) is 0 Å². The first kappa shape index (κ1) is 27.9. The zero-order chi connectivity index (χ0) is 31.5. The van der Waals surface area contributed by atoms with Crippen molar-refractivity contribution in [3.8, 4) is 22.3 Å². The number of nitrogens with one attached hydrogen (secondary N) is 1. The van der Waals surface area contributed by atoms with Crippen LogP contribution < -0.4 is 10.2 Å². The van der Waals surface area contributed by atoms with Crippen molar-refractivity contribution in [3.05, 3.63) is 180 Å². The molecule has 0 saturated carbocycles. The van der Waals surface area contributed by atoms with E-state index in [1.54, 1.807) is 0 Å². The molecule has 0 aliphatic carbocycles. The standard InChI is InChI=1S/C44H34N2S/c1-44(2)37-18-10-11-19-40(37)46(34-15-7-4-8-16-34)41-24-22-32(28-38(41)44)31-21-23-39(36(27-31)30-13-5-3-6-14-30)45-33-25-26-47-42-20-12-9-17-35(42)43(47)29-33/h3-29,45H,1-2H3. The van der Waals surface area contributed by atoms with Crippen LogP contribution in [0.2, 0.25) is 0 Å². The molecule has 0 aromatic heterocycles. The minimum atomic E-state index is -0.160. The van der Waals surface area contributed by atoms with Crippen LogP contribution in [0.25, 0.3) is 27.2 Å². The summed E-state index contributed by atoms with van der Waals surface area (Å²) in [6.45, 7) is 4.71. The fraction of sp³-hybridized carbons (Fsp3) is 0.0682. The summed E-state index contributed by atoms with van der Waals surface area (Å²) in [6, 6.07) is 52.9. The zero-order valence-corrected chi connectivity index (χ0v) is 27.3. The van der Waals surface area contributed by atoms with Crippen LogP contribution in [-0.4, -0.2) is 5.37 Å². The fourth-order valence-corrected chi connectivity index (χ4v) is 9.30. The van der Waals surface area contributed by atoms with Gasteiger partial charge in [0.15, 0.2) is 0 Å². The fourth-order valence-electron chi connectivity index (χ4n) is 7.33. The minimum absolute atomic E-state index is 0.102. The second kappa shape index (κ2) is 10.9. The van der Waals surface area contributed by atoms with Gasteiger partial charge in [0, 0.05) is 43.4 Å². The molecule has 3 heterocycles. The van der Waals surface area contributed by atoms with Crippen molar-refractivity contribution in [3.63, 3.8) is 0 Å². The Bertz CT molecular complexity index is 2290. The first-order chi connectivity index (χ1) is 23.1. The quantitative estimate of drug-likeness (QED) is 0.192. The van der Waals surface area contributed by atoms with Crippen molar-refractivity contribution in [2.45, 2.75) is 24.2 Å². The van der Waals surface area contributed by atoms with E-state index >= 15 is 0 Å². The Balaban J connectivity index is 1.13. The molecule has 2 nitrogen and oxygen atoms in total. The lowest BCUT2D eigenvalue weighted by atomic mass is 9.73. The van der Waals surface area contributed by atoms with Gasteiger partial charge >= 0.3 is 0 Å². The lowest BCUT2D eigenvalue weighted by Crippen LogP contribution is -2.30. The van der Waals surface area contributed by atoms with Crippen LogP contribution in [-0.2, 0) is 5.41 Å². The van der Waals surface area contributed by atoms with Gasteiger partial charge < -0.3 is 10.2 Å². The molecule has 0 radical (unpaired) electrons. The molecule has 3 heteroatoms. The van der Waals surface area contributed by atoms with Crippen LogP contribution in [0.3, 0.4) is 0 Å². The highest BCUT2D eigenvalue weighted by Crippen LogP contribution is 2.56. The van der Waals surface area contributed by atoms with E-state index in [9.17, 15) is 0 Å². The van der Waals surface area contributed by atoms with Gasteiger partial charge in [0.2, 0.25) is 0 Å². The number of benzene rings is 6. The molecule has 3 aliphatic heterocycles. The summed E-state index contributed by atoms with van der Waals surface area (Å²) in [5.74, 6) is 0. The van der Waals surface area contributed by atoms with Gasteiger partial charge in [-0.15, -0.1) is 10.5 Å². The number of hydrogen-bond donors (Lipinski definition) is 1. The first-order valence-corrected chi connectivity index (χ1v) is 17.5. The van der Waals surface area contributed by atoms with E-state index in [-0.39, 0.29) is 15.9 Å². The van der Waals surface area contributed by atoms with E-state index in [0.29, 0.717) is 0 Å². The predicted molar refractivity (Wildman–Crippen MR) is 202 cm³/mol. The molecule has 1 unspecified atom stereocenters. The van der Waals surface area contributed by atoms with E-state index in [1.165, 1.54) is 65.8 Å². The van der Waals surface area contributed by atoms with Crippen molar-refractivity contribution >= 4 is 43.5 Å². The molecule has 6 aromatic carbocycles. The number of fused-ring (bicyclic) bond motifs is 6. The Morgan fingerprint density at radius 1 is 0.574 bits per heavy atom. The van der Waals surface area contributed by atoms with Crippen LogP contribution in [0.4, 0.5) is 22.7 Å². The number of rotatable bonds is 5. The Kier molecular flexibility index (Phi) is 6.45. The summed E-state index contributed by atoms with van der Waals surface area (Å²) in [7, 11) is 0.102. The molecule has 0 bridgehead atoms. The largest absolute Gasteiger partial charge is 0.355 e. The van der Waals surface area contributed by atoms with E-state index in [0.717, 1.165) is 11.4 Å². The Labute approximate surface area is 279 Å². The van der Waals surface area contributed by atoms with Gasteiger partial charge in [-0.25, -0.2) is 0 Å². The van der Waals surface area contributed by atoms with Gasteiger partial charge in [-0.1, -0.05) is 111 Å². The topological polar surface area (TPSA) is 15.3 Å². The monoisotopic (exact) mass is 622 g/mol. The summed E-state index contributed by atoms with van der Waals surface area (Å²) in [5.41, 5.74) is 14.6. The molecular formula is C44H34N2S. The van der Waals surface area contributed by atoms with Crippen LogP contribution >= 0.6 is 10.5 Å². The predicted octanol–water partition coefficient (Wildman–Crippen LogP) is 11.9. The summed E-state index contributed by atoms with van der Waals surface area (Å²) in [5, 5.41) is 6.14. The smallest absolute Gasteiger partial charge is 0.0503 e. The Hall–Kier alpha value is -5.38. The van der Waals surface area contributed by atoms with E-state index in [2.05, 4.69) is 187 Å². The number of anilines is 4. The molecule has 1 atom stereocenters. The summed E-state index contributed by atoms with van der Waals surface area (Å²) in [6.07, 6.45) is 4.57. The molecule has 6 aromatic rings. The van der Waals surface area contributed by atoms with E-state index in [4.69, 9.17) is 0 Å². The van der Waals surface area contributed by atoms with Crippen LogP contribution in [0.5, 0.6) is 0 Å². The lowest BCUT2D eigenvalue weighted by molar-refractivity contribution is 0.632. The Morgan fingerprint density at radius 3 is 2.11 bits per heavy atom. The number of allylic oxidation sites excluding steroid dienone is 2. The molecule has 3 aliphatic rings. The maximum Gasteiger partial charge on any atom is 0.0503 e. The molecule has 0 spiro atoms. The van der Waals surface area contributed by atoms with E-state index < -0.39 is 0 Å². The third-order valence-corrected chi connectivity index (χ3v) is 11.8. The van der Waals surface area contributed by atoms with Gasteiger partial charge in [0.1, 0.15) is 0 Å². The van der Waals surface area contributed by atoms with Gasteiger partial charge in [0.25, 0.3) is 0 Å². The number of nitrogens with zero attached hydrogens (tertiary/aromatic N) is 1. The SMILES string of the molecule is CC1(C)c2ccccc2N(c2ccccc2)c2ccc(-c3ccc(NC4=CC=S5C(=C4)c4ccccc45)c(-c4ccccc4)c3)cc21. The highest BCUT2D eigenvalue weighted by Gasteiger charge is 2.37. The Morgan fingerprint density at radius 2 is 1.26 bits per heavy atom. The van der Waals surface area contributed by atoms with Crippen molar-refractivity contribution in [1.82, 2.24) is 0 Å². The van der Waals surface area contributed by atoms with Gasteiger partial charge in [-0.05, 0) is 93.9 Å². The van der Waals surface area contributed by atoms with Crippen molar-refractivity contribution in [2.24, 2.45) is 0 Å². The van der Waals surface area contributed by atoms with Gasteiger partial charge in [0.05, 0.1) is 11.4 Å². The molecule has 1 N–H and O–H groups in total. The molecule has 0 amide bonds. The second-order valence-corrected chi connectivity index (χ2v) is 14.7. The highest BCUT2D eigenvalue weighted by molar-refractivity contribution is 8.24. The maximum absolute atomic E-state index is 3.79. The first-order valence-electron chi connectivity index (χ1n) is 16.2. The van der Waals surface area contributed by atoms with Crippen LogP contribution in [0.15, 0.2) is 168 Å². The third kappa shape index (κ3) is 4.53. The average molecular weight is 623 g/mol. The molecule has 9 rings (SSSR count). The molecule has 0 saturated heterocycles. The van der Waals surface area contributed by atoms with Crippen molar-refractivity contribution in [2.75, 3.05) is 10.2 Å². The number of para-hydroxylation sites is 2. The summed E-state index contributed by atoms with van der Waals surface area (Å²) in [4.78, 5) is 5.29. The molecule has 47 heavy (non-hydrogen) atoms. The summed E-state index contributed by atoms with van der Waals surface area (Å²) < 4.78 is 0. The van der Waals surface area contributed by atoms with Crippen LogP contribution in [0, 0.1) is 0 Å². The van der Waals surface area contributed by atoms with Gasteiger partial charge in [-0.2, -0.15) is 0 Å². The summed E-state index contributed by atoms with van der Waals surface area (Å²) >= 11 is 0. The normalized spacial score (nSPS) is 16.6. The van der Waals surface area contributed by atoms with Gasteiger partial charge in [-0.3, -0.25) is 0 Å². The second-order valence-electron chi connectivity index (χ2n) is 12.9. The average Bonchev–Trinajstić information content (AvgIpc) is 3.12. The minimum Gasteiger partial charge on any atom is -0.355 e. The molecular weight excluding hydrogens is 589 g/mol. The van der Waals surface area contributed by atoms with E-state index in [1.807, 2.05) is 0 Å². The number of hydrogen-bond acceptors (Lipinski definition) is 2. The maximum atomic E-state index is 3.79.